The molecular formula is C24H27NO4. The van der Waals surface area contributed by atoms with Crippen molar-refractivity contribution >= 4 is 6.09 Å². The highest BCUT2D eigenvalue weighted by molar-refractivity contribution is 5.79. The molecule has 3 aliphatic rings. The number of amides is 1. The van der Waals surface area contributed by atoms with E-state index in [1.54, 1.807) is 0 Å². The van der Waals surface area contributed by atoms with Crippen molar-refractivity contribution < 1.29 is 19.4 Å². The summed E-state index contributed by atoms with van der Waals surface area (Å²) in [5, 5.41) is 13.0. The molecule has 2 N–H and O–H groups in total. The lowest BCUT2D eigenvalue weighted by Crippen LogP contribution is -2.56. The zero-order valence-electron chi connectivity index (χ0n) is 16.5. The van der Waals surface area contributed by atoms with Crippen molar-refractivity contribution in [2.24, 2.45) is 5.92 Å². The minimum atomic E-state index is -0.660. The minimum absolute atomic E-state index is 0.0436. The van der Waals surface area contributed by atoms with Crippen LogP contribution in [0.5, 0.6) is 0 Å². The normalized spacial score (nSPS) is 24.0. The summed E-state index contributed by atoms with van der Waals surface area (Å²) < 4.78 is 11.6. The number of carbonyl (C=O) groups is 1. The van der Waals surface area contributed by atoms with Gasteiger partial charge >= 0.3 is 6.09 Å². The number of rotatable bonds is 6. The number of ether oxygens (including phenoxy) is 2. The summed E-state index contributed by atoms with van der Waals surface area (Å²) in [5.41, 5.74) is 4.17. The molecule has 1 heterocycles. The van der Waals surface area contributed by atoms with Gasteiger partial charge in [-0.25, -0.2) is 4.79 Å². The number of alkyl carbamates (subject to hydrolysis) is 1. The standard InChI is InChI=1S/C24H27NO4/c26-15-24(12-5-13-29-24)22(16-10-11-16)25-23(27)28-14-21-19-8-3-1-6-17(19)18-7-2-4-9-20(18)21/h1-4,6-9,16,21-22,26H,5,10-15H2,(H,25,27). The highest BCUT2D eigenvalue weighted by Gasteiger charge is 2.50. The summed E-state index contributed by atoms with van der Waals surface area (Å²) in [6, 6.07) is 16.4. The first-order valence-corrected chi connectivity index (χ1v) is 10.6. The summed E-state index contributed by atoms with van der Waals surface area (Å²) in [6.45, 7) is 0.859. The van der Waals surface area contributed by atoms with Gasteiger partial charge in [0.05, 0.1) is 12.6 Å². The fourth-order valence-electron chi connectivity index (χ4n) is 5.06. The molecule has 1 saturated carbocycles. The van der Waals surface area contributed by atoms with Crippen LogP contribution in [0, 0.1) is 5.92 Å². The lowest BCUT2D eigenvalue weighted by atomic mass is 9.88. The van der Waals surface area contributed by atoms with Crippen molar-refractivity contribution in [2.75, 3.05) is 19.8 Å². The second-order valence-electron chi connectivity index (χ2n) is 8.46. The Balaban J connectivity index is 1.30. The number of hydrogen-bond donors (Lipinski definition) is 2. The lowest BCUT2D eigenvalue weighted by molar-refractivity contribution is -0.0683. The van der Waals surface area contributed by atoms with Crippen LogP contribution < -0.4 is 5.32 Å². The molecule has 0 aromatic heterocycles. The van der Waals surface area contributed by atoms with E-state index in [1.165, 1.54) is 22.3 Å². The van der Waals surface area contributed by atoms with Gasteiger partial charge < -0.3 is 19.9 Å². The fourth-order valence-corrected chi connectivity index (χ4v) is 5.06. The number of aliphatic hydroxyl groups excluding tert-OH is 1. The summed E-state index contributed by atoms with van der Waals surface area (Å²) in [4.78, 5) is 12.7. The van der Waals surface area contributed by atoms with E-state index in [9.17, 15) is 9.90 Å². The maximum absolute atomic E-state index is 12.7. The molecule has 1 saturated heterocycles. The molecule has 29 heavy (non-hydrogen) atoms. The second kappa shape index (κ2) is 7.47. The zero-order valence-corrected chi connectivity index (χ0v) is 16.5. The van der Waals surface area contributed by atoms with E-state index in [1.807, 2.05) is 24.3 Å². The minimum Gasteiger partial charge on any atom is -0.449 e. The number of aliphatic hydroxyl groups is 1. The Morgan fingerprint density at radius 1 is 1.14 bits per heavy atom. The molecule has 2 fully saturated rings. The SMILES string of the molecule is O=C(NC(C1CC1)C1(CO)CCCO1)OCC1c2ccccc2-c2ccccc21. The third-order valence-electron chi connectivity index (χ3n) is 6.68. The highest BCUT2D eigenvalue weighted by atomic mass is 16.6. The molecule has 2 aromatic rings. The Morgan fingerprint density at radius 3 is 2.34 bits per heavy atom. The van der Waals surface area contributed by atoms with Crippen molar-refractivity contribution in [3.8, 4) is 11.1 Å². The van der Waals surface area contributed by atoms with Crippen LogP contribution in [0.3, 0.4) is 0 Å². The van der Waals surface area contributed by atoms with Gasteiger partial charge in [-0.2, -0.15) is 0 Å². The zero-order chi connectivity index (χ0) is 19.8. The van der Waals surface area contributed by atoms with Crippen molar-refractivity contribution in [3.63, 3.8) is 0 Å². The number of fused-ring (bicyclic) bond motifs is 3. The Labute approximate surface area is 171 Å². The Kier molecular flexibility index (Phi) is 4.80. The van der Waals surface area contributed by atoms with E-state index in [0.29, 0.717) is 19.1 Å². The average molecular weight is 393 g/mol. The van der Waals surface area contributed by atoms with Gasteiger partial charge in [0, 0.05) is 12.5 Å². The largest absolute Gasteiger partial charge is 0.449 e. The molecule has 5 nitrogen and oxygen atoms in total. The highest BCUT2D eigenvalue weighted by Crippen LogP contribution is 2.45. The Morgan fingerprint density at radius 2 is 1.79 bits per heavy atom. The predicted molar refractivity (Wildman–Crippen MR) is 110 cm³/mol. The monoisotopic (exact) mass is 393 g/mol. The first kappa shape index (κ1) is 18.6. The van der Waals surface area contributed by atoms with Crippen LogP contribution in [-0.2, 0) is 9.47 Å². The van der Waals surface area contributed by atoms with Gasteiger partial charge in [0.2, 0.25) is 0 Å². The van der Waals surface area contributed by atoms with E-state index < -0.39 is 11.7 Å². The number of hydrogen-bond acceptors (Lipinski definition) is 4. The molecule has 0 radical (unpaired) electrons. The summed E-state index contributed by atoms with van der Waals surface area (Å²) in [6.07, 6.45) is 3.37. The summed E-state index contributed by atoms with van der Waals surface area (Å²) in [5.74, 6) is 0.405. The maximum Gasteiger partial charge on any atom is 0.407 e. The van der Waals surface area contributed by atoms with Crippen LogP contribution in [-0.4, -0.2) is 42.7 Å². The maximum atomic E-state index is 12.7. The molecule has 0 bridgehead atoms. The van der Waals surface area contributed by atoms with Crippen LogP contribution in [0.25, 0.3) is 11.1 Å². The van der Waals surface area contributed by atoms with E-state index >= 15 is 0 Å². The third kappa shape index (κ3) is 3.32. The number of benzene rings is 2. The van der Waals surface area contributed by atoms with E-state index in [-0.39, 0.29) is 18.6 Å². The molecule has 2 atom stereocenters. The molecule has 1 aliphatic heterocycles. The van der Waals surface area contributed by atoms with Crippen molar-refractivity contribution in [1.82, 2.24) is 5.32 Å². The summed E-state index contributed by atoms with van der Waals surface area (Å²) in [7, 11) is 0. The third-order valence-corrected chi connectivity index (χ3v) is 6.68. The van der Waals surface area contributed by atoms with Gasteiger partial charge in [0.15, 0.2) is 0 Å². The molecule has 2 aromatic carbocycles. The van der Waals surface area contributed by atoms with Crippen molar-refractivity contribution in [3.05, 3.63) is 59.7 Å². The molecular weight excluding hydrogens is 366 g/mol. The Bertz CT molecular complexity index is 856. The Hall–Kier alpha value is -2.37. The predicted octanol–water partition coefficient (Wildman–Crippen LogP) is 3.85. The van der Waals surface area contributed by atoms with Gasteiger partial charge in [-0.15, -0.1) is 0 Å². The fraction of sp³-hybridized carbons (Fsp3) is 0.458. The lowest BCUT2D eigenvalue weighted by Gasteiger charge is -2.35. The molecule has 2 aliphatic carbocycles. The smallest absolute Gasteiger partial charge is 0.407 e. The van der Waals surface area contributed by atoms with Gasteiger partial charge in [-0.1, -0.05) is 48.5 Å². The van der Waals surface area contributed by atoms with Gasteiger partial charge in [0.25, 0.3) is 0 Å². The second-order valence-corrected chi connectivity index (χ2v) is 8.46. The molecule has 2 unspecified atom stereocenters. The summed E-state index contributed by atoms with van der Waals surface area (Å²) >= 11 is 0. The van der Waals surface area contributed by atoms with Crippen molar-refractivity contribution in [1.29, 1.82) is 0 Å². The van der Waals surface area contributed by atoms with Crippen LogP contribution in [0.15, 0.2) is 48.5 Å². The first-order valence-electron chi connectivity index (χ1n) is 10.6. The van der Waals surface area contributed by atoms with Crippen LogP contribution in [0.1, 0.15) is 42.7 Å². The van der Waals surface area contributed by atoms with Gasteiger partial charge in [-0.05, 0) is 53.9 Å². The van der Waals surface area contributed by atoms with Gasteiger partial charge in [0.1, 0.15) is 12.2 Å². The van der Waals surface area contributed by atoms with Crippen LogP contribution in [0.2, 0.25) is 0 Å². The van der Waals surface area contributed by atoms with E-state index in [0.717, 1.165) is 25.7 Å². The first-order chi connectivity index (χ1) is 14.2. The molecule has 152 valence electrons. The topological polar surface area (TPSA) is 67.8 Å². The van der Waals surface area contributed by atoms with E-state index in [4.69, 9.17) is 9.47 Å². The number of carbonyl (C=O) groups excluding carboxylic acids is 1. The van der Waals surface area contributed by atoms with Crippen LogP contribution in [0.4, 0.5) is 4.79 Å². The average Bonchev–Trinajstić information content (AvgIpc) is 3.39. The molecule has 5 rings (SSSR count). The number of nitrogens with one attached hydrogen (secondary N) is 1. The van der Waals surface area contributed by atoms with Crippen LogP contribution >= 0.6 is 0 Å². The molecule has 0 spiro atoms. The van der Waals surface area contributed by atoms with Crippen molar-refractivity contribution in [2.45, 2.75) is 43.2 Å². The molecule has 1 amide bonds. The quantitative estimate of drug-likeness (QED) is 0.782. The van der Waals surface area contributed by atoms with Gasteiger partial charge in [-0.3, -0.25) is 0 Å². The van der Waals surface area contributed by atoms with E-state index in [2.05, 4.69) is 29.6 Å². The molecule has 5 heteroatoms.